The molecular weight excluding hydrogens is 392 g/mol. The summed E-state index contributed by atoms with van der Waals surface area (Å²) in [7, 11) is 3.21. The molecule has 1 amide bonds. The first kappa shape index (κ1) is 22.8. The zero-order valence-corrected chi connectivity index (χ0v) is 18.4. The highest BCUT2D eigenvalue weighted by molar-refractivity contribution is 6.31. The summed E-state index contributed by atoms with van der Waals surface area (Å²) in [6.07, 6.45) is 0. The zero-order chi connectivity index (χ0) is 21.4. The van der Waals surface area contributed by atoms with Gasteiger partial charge in [-0.1, -0.05) is 29.8 Å². The van der Waals surface area contributed by atoms with Crippen LogP contribution in [-0.2, 0) is 17.9 Å². The Kier molecular flexibility index (Phi) is 8.17. The Morgan fingerprint density at radius 3 is 2.28 bits per heavy atom. The van der Waals surface area contributed by atoms with Crippen LogP contribution in [0, 0.1) is 0 Å². The number of carbonyl (C=O) groups is 1. The van der Waals surface area contributed by atoms with Gasteiger partial charge in [0.2, 0.25) is 0 Å². The highest BCUT2D eigenvalue weighted by Gasteiger charge is 2.16. The SMILES string of the molecule is COc1ccccc1CNCc1cc(OC)c(OCC(=O)NC(C)(C)C)cc1Cl. The number of hydrogen-bond donors (Lipinski definition) is 2. The van der Waals surface area contributed by atoms with Gasteiger partial charge in [-0.25, -0.2) is 0 Å². The fourth-order valence-corrected chi connectivity index (χ4v) is 2.98. The van der Waals surface area contributed by atoms with Crippen molar-refractivity contribution in [2.75, 3.05) is 20.8 Å². The van der Waals surface area contributed by atoms with E-state index in [9.17, 15) is 4.79 Å². The molecule has 6 nitrogen and oxygen atoms in total. The van der Waals surface area contributed by atoms with Crippen molar-refractivity contribution >= 4 is 17.5 Å². The summed E-state index contributed by atoms with van der Waals surface area (Å²) < 4.78 is 16.4. The lowest BCUT2D eigenvalue weighted by atomic mass is 10.1. The first-order valence-corrected chi connectivity index (χ1v) is 9.74. The Hall–Kier alpha value is -2.44. The molecule has 0 spiro atoms. The number of para-hydroxylation sites is 1. The Morgan fingerprint density at radius 2 is 1.62 bits per heavy atom. The van der Waals surface area contributed by atoms with Gasteiger partial charge in [0.25, 0.3) is 5.91 Å². The van der Waals surface area contributed by atoms with E-state index in [-0.39, 0.29) is 18.1 Å². The molecule has 158 valence electrons. The number of amides is 1. The molecule has 0 aliphatic carbocycles. The van der Waals surface area contributed by atoms with Crippen LogP contribution in [-0.4, -0.2) is 32.3 Å². The number of methoxy groups -OCH3 is 2. The zero-order valence-electron chi connectivity index (χ0n) is 17.6. The normalized spacial score (nSPS) is 11.1. The van der Waals surface area contributed by atoms with Crippen molar-refractivity contribution in [3.05, 3.63) is 52.5 Å². The molecule has 7 heteroatoms. The average Bonchev–Trinajstić information content (AvgIpc) is 2.66. The molecular formula is C22H29ClN2O4. The molecule has 2 rings (SSSR count). The summed E-state index contributed by atoms with van der Waals surface area (Å²) in [6.45, 7) is 6.79. The lowest BCUT2D eigenvalue weighted by Gasteiger charge is -2.21. The van der Waals surface area contributed by atoms with E-state index in [1.807, 2.05) is 51.1 Å². The van der Waals surface area contributed by atoms with Gasteiger partial charge >= 0.3 is 0 Å². The predicted octanol–water partition coefficient (Wildman–Crippen LogP) is 3.94. The van der Waals surface area contributed by atoms with Crippen molar-refractivity contribution in [1.29, 1.82) is 0 Å². The molecule has 0 aliphatic heterocycles. The number of hydrogen-bond acceptors (Lipinski definition) is 5. The van der Waals surface area contributed by atoms with Crippen molar-refractivity contribution in [3.63, 3.8) is 0 Å². The summed E-state index contributed by atoms with van der Waals surface area (Å²) >= 11 is 6.42. The van der Waals surface area contributed by atoms with Crippen LogP contribution in [0.2, 0.25) is 5.02 Å². The minimum Gasteiger partial charge on any atom is -0.496 e. The number of benzene rings is 2. The molecule has 0 fully saturated rings. The number of carbonyl (C=O) groups excluding carboxylic acids is 1. The topological polar surface area (TPSA) is 68.8 Å². The molecule has 0 aromatic heterocycles. The van der Waals surface area contributed by atoms with Gasteiger partial charge in [0.15, 0.2) is 18.1 Å². The number of nitrogens with one attached hydrogen (secondary N) is 2. The molecule has 29 heavy (non-hydrogen) atoms. The van der Waals surface area contributed by atoms with E-state index in [2.05, 4.69) is 10.6 Å². The Labute approximate surface area is 177 Å². The Bertz CT molecular complexity index is 834. The van der Waals surface area contributed by atoms with E-state index < -0.39 is 0 Å². The highest BCUT2D eigenvalue weighted by atomic mass is 35.5. The molecule has 0 saturated heterocycles. The van der Waals surface area contributed by atoms with Crippen LogP contribution in [0.3, 0.4) is 0 Å². The molecule has 2 aromatic carbocycles. The molecule has 0 unspecified atom stereocenters. The van der Waals surface area contributed by atoms with Gasteiger partial charge in [0.1, 0.15) is 5.75 Å². The smallest absolute Gasteiger partial charge is 0.258 e. The van der Waals surface area contributed by atoms with Crippen LogP contribution in [0.15, 0.2) is 36.4 Å². The molecule has 0 aliphatic rings. The summed E-state index contributed by atoms with van der Waals surface area (Å²) in [5, 5.41) is 6.74. The van der Waals surface area contributed by atoms with Crippen molar-refractivity contribution in [1.82, 2.24) is 10.6 Å². The van der Waals surface area contributed by atoms with Gasteiger partial charge in [-0.05, 0) is 38.5 Å². The molecule has 2 N–H and O–H groups in total. The average molecular weight is 421 g/mol. The van der Waals surface area contributed by atoms with Crippen LogP contribution >= 0.6 is 11.6 Å². The van der Waals surface area contributed by atoms with Crippen molar-refractivity contribution in [2.45, 2.75) is 39.4 Å². The fraction of sp³-hybridized carbons (Fsp3) is 0.409. The summed E-state index contributed by atoms with van der Waals surface area (Å²) in [4.78, 5) is 12.0. The Morgan fingerprint density at radius 1 is 0.966 bits per heavy atom. The van der Waals surface area contributed by atoms with E-state index in [0.717, 1.165) is 16.9 Å². The van der Waals surface area contributed by atoms with Gasteiger partial charge in [-0.3, -0.25) is 4.79 Å². The largest absolute Gasteiger partial charge is 0.496 e. The van der Waals surface area contributed by atoms with Crippen LogP contribution < -0.4 is 24.8 Å². The van der Waals surface area contributed by atoms with Crippen molar-refractivity contribution in [2.24, 2.45) is 0 Å². The third-order valence-electron chi connectivity index (χ3n) is 4.03. The van der Waals surface area contributed by atoms with Crippen molar-refractivity contribution in [3.8, 4) is 17.2 Å². The maximum Gasteiger partial charge on any atom is 0.258 e. The van der Waals surface area contributed by atoms with Crippen LogP contribution in [0.5, 0.6) is 17.2 Å². The van der Waals surface area contributed by atoms with E-state index >= 15 is 0 Å². The molecule has 0 saturated carbocycles. The minimum absolute atomic E-state index is 0.116. The maximum absolute atomic E-state index is 12.0. The molecule has 0 atom stereocenters. The number of rotatable bonds is 9. The van der Waals surface area contributed by atoms with Gasteiger partial charge in [-0.15, -0.1) is 0 Å². The lowest BCUT2D eigenvalue weighted by molar-refractivity contribution is -0.124. The third kappa shape index (κ3) is 7.15. The minimum atomic E-state index is -0.320. The van der Waals surface area contributed by atoms with Gasteiger partial charge < -0.3 is 24.8 Å². The second kappa shape index (κ2) is 10.4. The highest BCUT2D eigenvalue weighted by Crippen LogP contribution is 2.33. The predicted molar refractivity (Wildman–Crippen MR) is 115 cm³/mol. The van der Waals surface area contributed by atoms with Crippen LogP contribution in [0.1, 0.15) is 31.9 Å². The monoisotopic (exact) mass is 420 g/mol. The summed E-state index contributed by atoms with van der Waals surface area (Å²) in [5.41, 5.74) is 1.60. The van der Waals surface area contributed by atoms with Gasteiger partial charge in [0.05, 0.1) is 14.2 Å². The van der Waals surface area contributed by atoms with Gasteiger partial charge in [-0.2, -0.15) is 0 Å². The van der Waals surface area contributed by atoms with Crippen LogP contribution in [0.4, 0.5) is 0 Å². The molecule has 0 heterocycles. The van der Waals surface area contributed by atoms with Crippen molar-refractivity contribution < 1.29 is 19.0 Å². The molecule has 0 radical (unpaired) electrons. The summed E-state index contributed by atoms with van der Waals surface area (Å²) in [5.74, 6) is 1.57. The van der Waals surface area contributed by atoms with E-state index in [4.69, 9.17) is 25.8 Å². The number of halogens is 1. The fourth-order valence-electron chi connectivity index (χ4n) is 2.76. The standard InChI is InChI=1S/C22H29ClN2O4/c1-22(2,3)25-21(26)14-29-20-11-17(23)16(10-19(20)28-5)13-24-12-15-8-6-7-9-18(15)27-4/h6-11,24H,12-14H2,1-5H3,(H,25,26). The third-order valence-corrected chi connectivity index (χ3v) is 4.38. The van der Waals surface area contributed by atoms with E-state index in [0.29, 0.717) is 29.6 Å². The second-order valence-corrected chi connectivity index (χ2v) is 8.00. The van der Waals surface area contributed by atoms with Crippen LogP contribution in [0.25, 0.3) is 0 Å². The quantitative estimate of drug-likeness (QED) is 0.643. The molecule has 0 bridgehead atoms. The first-order valence-electron chi connectivity index (χ1n) is 9.36. The maximum atomic E-state index is 12.0. The number of ether oxygens (including phenoxy) is 3. The molecule has 2 aromatic rings. The lowest BCUT2D eigenvalue weighted by Crippen LogP contribution is -2.43. The van der Waals surface area contributed by atoms with E-state index in [1.54, 1.807) is 20.3 Å². The second-order valence-electron chi connectivity index (χ2n) is 7.60. The van der Waals surface area contributed by atoms with E-state index in [1.165, 1.54) is 0 Å². The Balaban J connectivity index is 2.01. The first-order chi connectivity index (χ1) is 13.7. The van der Waals surface area contributed by atoms with Gasteiger partial charge in [0, 0.05) is 35.3 Å². The summed E-state index contributed by atoms with van der Waals surface area (Å²) in [6, 6.07) is 11.3.